The topological polar surface area (TPSA) is 47.3 Å². The standard InChI is InChI=1S/C16H21BrN2O2/c1-10(2)21-13-7-5-12(6-8-13)15(20)9-14-16(17)11(3)18-19(14)4/h5-8,10,15,20H,9H2,1-4H3. The third-order valence-electron chi connectivity index (χ3n) is 3.28. The molecule has 0 aliphatic heterocycles. The third kappa shape index (κ3) is 3.86. The molecule has 1 heterocycles. The van der Waals surface area contributed by atoms with E-state index in [-0.39, 0.29) is 6.10 Å². The number of aliphatic hydroxyl groups excluding tert-OH is 1. The van der Waals surface area contributed by atoms with Gasteiger partial charge in [-0.15, -0.1) is 0 Å². The molecule has 0 aliphatic carbocycles. The summed E-state index contributed by atoms with van der Waals surface area (Å²) in [6, 6.07) is 7.59. The fourth-order valence-electron chi connectivity index (χ4n) is 2.24. The predicted octanol–water partition coefficient (Wildman–Crippen LogP) is 3.55. The van der Waals surface area contributed by atoms with Gasteiger partial charge in [-0.1, -0.05) is 12.1 Å². The third-order valence-corrected chi connectivity index (χ3v) is 4.32. The first kappa shape index (κ1) is 16.0. The van der Waals surface area contributed by atoms with Gasteiger partial charge >= 0.3 is 0 Å². The summed E-state index contributed by atoms with van der Waals surface area (Å²) in [5.41, 5.74) is 2.79. The van der Waals surface area contributed by atoms with Gasteiger partial charge in [-0.05, 0) is 54.4 Å². The maximum Gasteiger partial charge on any atom is 0.119 e. The summed E-state index contributed by atoms with van der Waals surface area (Å²) in [5, 5.41) is 14.7. The maximum absolute atomic E-state index is 10.4. The molecule has 0 radical (unpaired) electrons. The molecule has 5 heteroatoms. The second kappa shape index (κ2) is 6.62. The highest BCUT2D eigenvalue weighted by Gasteiger charge is 2.16. The van der Waals surface area contributed by atoms with E-state index in [1.165, 1.54) is 0 Å². The highest BCUT2D eigenvalue weighted by Crippen LogP contribution is 2.27. The van der Waals surface area contributed by atoms with Gasteiger partial charge in [-0.2, -0.15) is 5.10 Å². The minimum absolute atomic E-state index is 0.147. The van der Waals surface area contributed by atoms with E-state index in [4.69, 9.17) is 4.74 Å². The Hall–Kier alpha value is -1.33. The molecule has 0 bridgehead atoms. The van der Waals surface area contributed by atoms with E-state index in [0.29, 0.717) is 6.42 Å². The molecule has 0 saturated heterocycles. The van der Waals surface area contributed by atoms with Gasteiger partial charge in [0.25, 0.3) is 0 Å². The Bertz CT molecular complexity index is 605. The van der Waals surface area contributed by atoms with Crippen LogP contribution in [-0.4, -0.2) is 21.0 Å². The maximum atomic E-state index is 10.4. The van der Waals surface area contributed by atoms with Crippen LogP contribution >= 0.6 is 15.9 Å². The number of benzene rings is 1. The van der Waals surface area contributed by atoms with Crippen LogP contribution in [0.3, 0.4) is 0 Å². The van der Waals surface area contributed by atoms with Crippen molar-refractivity contribution in [2.75, 3.05) is 0 Å². The van der Waals surface area contributed by atoms with Crippen molar-refractivity contribution in [3.8, 4) is 5.75 Å². The predicted molar refractivity (Wildman–Crippen MR) is 86.5 cm³/mol. The fraction of sp³-hybridized carbons (Fsp3) is 0.438. The Morgan fingerprint density at radius 3 is 2.38 bits per heavy atom. The number of aryl methyl sites for hydroxylation is 2. The zero-order valence-corrected chi connectivity index (χ0v) is 14.4. The number of aromatic nitrogens is 2. The van der Waals surface area contributed by atoms with E-state index in [1.807, 2.05) is 52.1 Å². The van der Waals surface area contributed by atoms with E-state index < -0.39 is 6.10 Å². The monoisotopic (exact) mass is 352 g/mol. The Kier molecular flexibility index (Phi) is 5.06. The van der Waals surface area contributed by atoms with Crippen LogP contribution in [-0.2, 0) is 13.5 Å². The van der Waals surface area contributed by atoms with Crippen LogP contribution in [0, 0.1) is 6.92 Å². The SMILES string of the molecule is Cc1nn(C)c(CC(O)c2ccc(OC(C)C)cc2)c1Br. The molecule has 2 rings (SSSR count). The van der Waals surface area contributed by atoms with Crippen LogP contribution in [0.15, 0.2) is 28.7 Å². The number of hydrogen-bond acceptors (Lipinski definition) is 3. The summed E-state index contributed by atoms with van der Waals surface area (Å²) in [4.78, 5) is 0. The lowest BCUT2D eigenvalue weighted by Gasteiger charge is -2.14. The second-order valence-electron chi connectivity index (χ2n) is 5.43. The van der Waals surface area contributed by atoms with Gasteiger partial charge < -0.3 is 9.84 Å². The number of hydrogen-bond donors (Lipinski definition) is 1. The van der Waals surface area contributed by atoms with Crippen LogP contribution in [0.1, 0.15) is 36.9 Å². The Labute approximate surface area is 133 Å². The highest BCUT2D eigenvalue weighted by molar-refractivity contribution is 9.10. The molecule has 0 aliphatic rings. The summed E-state index contributed by atoms with van der Waals surface area (Å²) in [6.07, 6.45) is 0.0980. The zero-order chi connectivity index (χ0) is 15.6. The number of aliphatic hydroxyl groups is 1. The lowest BCUT2D eigenvalue weighted by atomic mass is 10.0. The summed E-state index contributed by atoms with van der Waals surface area (Å²) < 4.78 is 8.37. The van der Waals surface area contributed by atoms with Gasteiger partial charge in [0, 0.05) is 13.5 Å². The van der Waals surface area contributed by atoms with Gasteiger partial charge in [-0.25, -0.2) is 0 Å². The molecule has 0 amide bonds. The van der Waals surface area contributed by atoms with Gasteiger partial charge in [0.05, 0.1) is 28.1 Å². The number of ether oxygens (including phenoxy) is 1. The van der Waals surface area contributed by atoms with E-state index in [9.17, 15) is 5.11 Å². The quantitative estimate of drug-likeness (QED) is 0.894. The van der Waals surface area contributed by atoms with Crippen LogP contribution < -0.4 is 4.74 Å². The van der Waals surface area contributed by atoms with Crippen molar-refractivity contribution < 1.29 is 9.84 Å². The largest absolute Gasteiger partial charge is 0.491 e. The lowest BCUT2D eigenvalue weighted by Crippen LogP contribution is -2.08. The van der Waals surface area contributed by atoms with Crippen LogP contribution in [0.4, 0.5) is 0 Å². The average Bonchev–Trinajstić information content (AvgIpc) is 2.65. The van der Waals surface area contributed by atoms with Gasteiger partial charge in [-0.3, -0.25) is 4.68 Å². The second-order valence-corrected chi connectivity index (χ2v) is 6.22. The molecule has 1 atom stereocenters. The molecule has 0 spiro atoms. The zero-order valence-electron chi connectivity index (χ0n) is 12.8. The normalized spacial score (nSPS) is 12.7. The van der Waals surface area contributed by atoms with Crippen LogP contribution in [0.2, 0.25) is 0 Å². The van der Waals surface area contributed by atoms with Crippen LogP contribution in [0.25, 0.3) is 0 Å². The average molecular weight is 353 g/mol. The minimum Gasteiger partial charge on any atom is -0.491 e. The Balaban J connectivity index is 2.11. The first-order valence-corrected chi connectivity index (χ1v) is 7.80. The van der Waals surface area contributed by atoms with Crippen molar-refractivity contribution in [1.82, 2.24) is 9.78 Å². The molecular formula is C16H21BrN2O2. The van der Waals surface area contributed by atoms with E-state index in [2.05, 4.69) is 21.0 Å². The Morgan fingerprint density at radius 1 is 1.29 bits per heavy atom. The summed E-state index contributed by atoms with van der Waals surface area (Å²) in [7, 11) is 1.89. The molecule has 1 N–H and O–H groups in total. The van der Waals surface area contributed by atoms with Crippen molar-refractivity contribution in [1.29, 1.82) is 0 Å². The number of halogens is 1. The van der Waals surface area contributed by atoms with E-state index >= 15 is 0 Å². The number of nitrogens with zero attached hydrogens (tertiary/aromatic N) is 2. The lowest BCUT2D eigenvalue weighted by molar-refractivity contribution is 0.175. The molecule has 1 aromatic heterocycles. The summed E-state index contributed by atoms with van der Waals surface area (Å²) in [6.45, 7) is 5.92. The van der Waals surface area contributed by atoms with Gasteiger partial charge in [0.1, 0.15) is 5.75 Å². The number of rotatable bonds is 5. The molecule has 1 aromatic carbocycles. The first-order chi connectivity index (χ1) is 9.88. The van der Waals surface area contributed by atoms with Crippen molar-refractivity contribution >= 4 is 15.9 Å². The van der Waals surface area contributed by atoms with E-state index in [1.54, 1.807) is 4.68 Å². The molecule has 2 aromatic rings. The van der Waals surface area contributed by atoms with Crippen LogP contribution in [0.5, 0.6) is 5.75 Å². The highest BCUT2D eigenvalue weighted by atomic mass is 79.9. The van der Waals surface area contributed by atoms with Gasteiger partial charge in [0.15, 0.2) is 0 Å². The summed E-state index contributed by atoms with van der Waals surface area (Å²) in [5.74, 6) is 0.818. The van der Waals surface area contributed by atoms with Crippen molar-refractivity contribution in [2.24, 2.45) is 7.05 Å². The molecule has 0 saturated carbocycles. The molecule has 21 heavy (non-hydrogen) atoms. The first-order valence-electron chi connectivity index (χ1n) is 7.01. The molecular weight excluding hydrogens is 332 g/mol. The minimum atomic E-state index is -0.566. The Morgan fingerprint density at radius 2 is 1.90 bits per heavy atom. The van der Waals surface area contributed by atoms with Gasteiger partial charge in [0.2, 0.25) is 0 Å². The molecule has 0 fully saturated rings. The fourth-order valence-corrected chi connectivity index (χ4v) is 2.74. The smallest absolute Gasteiger partial charge is 0.119 e. The van der Waals surface area contributed by atoms with Crippen molar-refractivity contribution in [2.45, 2.75) is 39.4 Å². The molecule has 4 nitrogen and oxygen atoms in total. The summed E-state index contributed by atoms with van der Waals surface area (Å²) >= 11 is 3.53. The van der Waals surface area contributed by atoms with E-state index in [0.717, 1.165) is 27.2 Å². The van der Waals surface area contributed by atoms with Crippen molar-refractivity contribution in [3.05, 3.63) is 45.7 Å². The molecule has 1 unspecified atom stereocenters. The van der Waals surface area contributed by atoms with Crippen molar-refractivity contribution in [3.63, 3.8) is 0 Å². The molecule has 114 valence electrons.